The molecule has 0 bridgehead atoms. The van der Waals surface area contributed by atoms with Crippen molar-refractivity contribution in [3.05, 3.63) is 74.3 Å². The smallest absolute Gasteiger partial charge is 0.265 e. The van der Waals surface area contributed by atoms with Crippen molar-refractivity contribution in [2.24, 2.45) is 5.10 Å². The number of hydrogen-bond donors (Lipinski definition) is 0. The average molecular weight is 495 g/mol. The summed E-state index contributed by atoms with van der Waals surface area (Å²) >= 11 is 12.2. The van der Waals surface area contributed by atoms with Crippen molar-refractivity contribution in [1.82, 2.24) is 24.2 Å². The van der Waals surface area contributed by atoms with Gasteiger partial charge in [-0.3, -0.25) is 9.36 Å². The van der Waals surface area contributed by atoms with Gasteiger partial charge in [-0.15, -0.1) is 0 Å². The average Bonchev–Trinajstić information content (AvgIpc) is 3.12. The number of rotatable bonds is 6. The Balaban J connectivity index is 1.78. The first-order valence-electron chi connectivity index (χ1n) is 10.6. The first-order valence-corrected chi connectivity index (χ1v) is 11.4. The summed E-state index contributed by atoms with van der Waals surface area (Å²) in [6.45, 7) is 2.83. The molecule has 0 aliphatic rings. The van der Waals surface area contributed by atoms with Crippen molar-refractivity contribution in [3.8, 4) is 0 Å². The van der Waals surface area contributed by atoms with Gasteiger partial charge in [0, 0.05) is 20.3 Å². The maximum absolute atomic E-state index is 13.6. The van der Waals surface area contributed by atoms with Crippen LogP contribution in [-0.4, -0.2) is 44.1 Å². The van der Waals surface area contributed by atoms with Gasteiger partial charge in [-0.2, -0.15) is 9.78 Å². The number of methoxy groups -OCH3 is 1. The molecule has 0 fully saturated rings. The van der Waals surface area contributed by atoms with E-state index in [1.165, 1.54) is 0 Å². The number of fused-ring (bicyclic) bond motifs is 4. The van der Waals surface area contributed by atoms with Crippen LogP contribution < -0.4 is 5.56 Å². The van der Waals surface area contributed by atoms with Crippen LogP contribution in [-0.2, 0) is 11.3 Å². The van der Waals surface area contributed by atoms with Gasteiger partial charge >= 0.3 is 0 Å². The molecule has 0 aliphatic carbocycles. The summed E-state index contributed by atoms with van der Waals surface area (Å²) in [5, 5.41) is 5.87. The van der Waals surface area contributed by atoms with Gasteiger partial charge in [-0.05, 0) is 43.2 Å². The Morgan fingerprint density at radius 3 is 2.53 bits per heavy atom. The Kier molecular flexibility index (Phi) is 6.03. The lowest BCUT2D eigenvalue weighted by atomic mass is 10.2. The number of halogens is 2. The second-order valence-electron chi connectivity index (χ2n) is 7.78. The molecular weight excluding hydrogens is 475 g/mol. The van der Waals surface area contributed by atoms with E-state index in [2.05, 4.69) is 5.10 Å². The number of nitrogens with zero attached hydrogens (tertiary/aromatic N) is 6. The SMILES string of the molecule is COCCCn1c(C)nc2c(c1=O)c1nc3ccccc3nc1n2/N=C\c1ccc(Cl)c(Cl)c1. The van der Waals surface area contributed by atoms with Crippen LogP contribution in [0.4, 0.5) is 0 Å². The molecule has 10 heteroatoms. The Morgan fingerprint density at radius 1 is 1.03 bits per heavy atom. The lowest BCUT2D eigenvalue weighted by molar-refractivity contribution is 0.189. The van der Waals surface area contributed by atoms with Crippen LogP contribution in [0.5, 0.6) is 0 Å². The van der Waals surface area contributed by atoms with Crippen LogP contribution in [0.1, 0.15) is 17.8 Å². The zero-order valence-electron chi connectivity index (χ0n) is 18.5. The van der Waals surface area contributed by atoms with Crippen LogP contribution in [0.15, 0.2) is 52.4 Å². The molecule has 0 amide bonds. The fraction of sp³-hybridized carbons (Fsp3) is 0.208. The second-order valence-corrected chi connectivity index (χ2v) is 8.59. The number of aromatic nitrogens is 5. The third-order valence-electron chi connectivity index (χ3n) is 5.53. The predicted molar refractivity (Wildman–Crippen MR) is 135 cm³/mol. The number of para-hydroxylation sites is 2. The molecule has 0 atom stereocenters. The summed E-state index contributed by atoms with van der Waals surface area (Å²) in [5.74, 6) is 0.576. The zero-order chi connectivity index (χ0) is 23.8. The molecule has 5 aromatic rings. The molecule has 2 aromatic carbocycles. The van der Waals surface area contributed by atoms with Crippen LogP contribution >= 0.6 is 23.2 Å². The third kappa shape index (κ3) is 3.94. The first kappa shape index (κ1) is 22.5. The molecule has 0 unspecified atom stereocenters. The van der Waals surface area contributed by atoms with Crippen LogP contribution in [0.3, 0.4) is 0 Å². The molecule has 5 rings (SSSR count). The molecule has 172 valence electrons. The molecule has 0 N–H and O–H groups in total. The van der Waals surface area contributed by atoms with E-state index < -0.39 is 0 Å². The molecule has 3 aromatic heterocycles. The molecule has 0 saturated carbocycles. The molecule has 34 heavy (non-hydrogen) atoms. The van der Waals surface area contributed by atoms with E-state index in [9.17, 15) is 4.79 Å². The van der Waals surface area contributed by atoms with Crippen molar-refractivity contribution >= 4 is 62.6 Å². The highest BCUT2D eigenvalue weighted by atomic mass is 35.5. The summed E-state index contributed by atoms with van der Waals surface area (Å²) in [6, 6.07) is 12.7. The Morgan fingerprint density at radius 2 is 1.79 bits per heavy atom. The van der Waals surface area contributed by atoms with Gasteiger partial charge in [0.05, 0.1) is 27.3 Å². The minimum atomic E-state index is -0.184. The first-order chi connectivity index (χ1) is 16.5. The highest BCUT2D eigenvalue weighted by molar-refractivity contribution is 6.42. The minimum Gasteiger partial charge on any atom is -0.385 e. The van der Waals surface area contributed by atoms with Gasteiger partial charge in [0.25, 0.3) is 5.56 Å². The highest BCUT2D eigenvalue weighted by Gasteiger charge is 2.21. The lowest BCUT2D eigenvalue weighted by Crippen LogP contribution is -2.24. The van der Waals surface area contributed by atoms with Crippen molar-refractivity contribution in [1.29, 1.82) is 0 Å². The van der Waals surface area contributed by atoms with E-state index in [0.29, 0.717) is 68.7 Å². The quantitative estimate of drug-likeness (QED) is 0.249. The minimum absolute atomic E-state index is 0.184. The van der Waals surface area contributed by atoms with Gasteiger partial charge < -0.3 is 4.74 Å². The van der Waals surface area contributed by atoms with Gasteiger partial charge in [0.1, 0.15) is 16.7 Å². The van der Waals surface area contributed by atoms with Crippen molar-refractivity contribution in [3.63, 3.8) is 0 Å². The van der Waals surface area contributed by atoms with Gasteiger partial charge in [-0.1, -0.05) is 41.4 Å². The van der Waals surface area contributed by atoms with E-state index in [1.807, 2.05) is 24.3 Å². The van der Waals surface area contributed by atoms with E-state index in [1.54, 1.807) is 47.7 Å². The standard InChI is InChI=1S/C24H20Cl2N6O2/c1-14-28-22-20(24(33)31(14)10-5-11-34-2)21-23(30-19-7-4-3-6-18(19)29-21)32(22)27-13-15-8-9-16(25)17(26)12-15/h3-4,6-9,12-13H,5,10-11H2,1-2H3/b27-13-. The molecule has 0 aliphatic heterocycles. The van der Waals surface area contributed by atoms with E-state index in [-0.39, 0.29) is 5.56 Å². The van der Waals surface area contributed by atoms with Crippen LogP contribution in [0.25, 0.3) is 33.2 Å². The number of ether oxygens (including phenoxy) is 1. The molecule has 0 saturated heterocycles. The van der Waals surface area contributed by atoms with Crippen LogP contribution in [0, 0.1) is 6.92 Å². The summed E-state index contributed by atoms with van der Waals surface area (Å²) in [5.41, 5.74) is 3.24. The lowest BCUT2D eigenvalue weighted by Gasteiger charge is -2.09. The van der Waals surface area contributed by atoms with E-state index in [4.69, 9.17) is 42.9 Å². The van der Waals surface area contributed by atoms with Gasteiger partial charge in [-0.25, -0.2) is 15.0 Å². The number of benzene rings is 2. The summed E-state index contributed by atoms with van der Waals surface area (Å²) in [7, 11) is 1.64. The molecule has 8 nitrogen and oxygen atoms in total. The zero-order valence-corrected chi connectivity index (χ0v) is 20.0. The molecular formula is C24H20Cl2N6O2. The third-order valence-corrected chi connectivity index (χ3v) is 6.27. The molecule has 0 spiro atoms. The summed E-state index contributed by atoms with van der Waals surface area (Å²) < 4.78 is 8.34. The highest BCUT2D eigenvalue weighted by Crippen LogP contribution is 2.26. The summed E-state index contributed by atoms with van der Waals surface area (Å²) in [4.78, 5) is 27.8. The Hall–Kier alpha value is -3.33. The molecule has 3 heterocycles. The van der Waals surface area contributed by atoms with Gasteiger partial charge in [0.2, 0.25) is 0 Å². The van der Waals surface area contributed by atoms with E-state index in [0.717, 1.165) is 5.56 Å². The Bertz CT molecular complexity index is 1640. The van der Waals surface area contributed by atoms with Crippen LogP contribution in [0.2, 0.25) is 10.0 Å². The van der Waals surface area contributed by atoms with Crippen molar-refractivity contribution in [2.75, 3.05) is 13.7 Å². The summed E-state index contributed by atoms with van der Waals surface area (Å²) in [6.07, 6.45) is 2.31. The maximum Gasteiger partial charge on any atom is 0.265 e. The number of hydrogen-bond acceptors (Lipinski definition) is 6. The fourth-order valence-corrected chi connectivity index (χ4v) is 4.18. The fourth-order valence-electron chi connectivity index (χ4n) is 3.87. The largest absolute Gasteiger partial charge is 0.385 e. The van der Waals surface area contributed by atoms with Gasteiger partial charge in [0.15, 0.2) is 11.3 Å². The topological polar surface area (TPSA) is 87.2 Å². The maximum atomic E-state index is 13.6. The Labute approximate surface area is 204 Å². The van der Waals surface area contributed by atoms with Crippen molar-refractivity contribution < 1.29 is 4.74 Å². The monoisotopic (exact) mass is 494 g/mol. The predicted octanol–water partition coefficient (Wildman–Crippen LogP) is 4.83. The van der Waals surface area contributed by atoms with E-state index >= 15 is 0 Å². The normalized spacial score (nSPS) is 12.0. The number of aryl methyl sites for hydroxylation is 1. The van der Waals surface area contributed by atoms with Crippen molar-refractivity contribution in [2.45, 2.75) is 19.9 Å². The second kappa shape index (κ2) is 9.13. The molecule has 0 radical (unpaired) electrons.